The minimum atomic E-state index is 0.00281. The van der Waals surface area contributed by atoms with Crippen LogP contribution in [0.15, 0.2) is 42.5 Å². The van der Waals surface area contributed by atoms with Gasteiger partial charge in [-0.1, -0.05) is 30.3 Å². The van der Waals surface area contributed by atoms with E-state index in [9.17, 15) is 4.79 Å². The second-order valence-electron chi connectivity index (χ2n) is 6.13. The quantitative estimate of drug-likeness (QED) is 0.842. The second kappa shape index (κ2) is 7.82. The third kappa shape index (κ3) is 5.13. The average molecular weight is 311 g/mol. The van der Waals surface area contributed by atoms with Gasteiger partial charge in [0.1, 0.15) is 5.75 Å². The number of carbonyl (C=O) groups is 1. The zero-order chi connectivity index (χ0) is 16.8. The highest BCUT2D eigenvalue weighted by Crippen LogP contribution is 2.25. The summed E-state index contributed by atoms with van der Waals surface area (Å²) in [5.74, 6) is 0.713. The van der Waals surface area contributed by atoms with E-state index in [1.54, 1.807) is 0 Å². The van der Waals surface area contributed by atoms with Gasteiger partial charge in [0, 0.05) is 6.42 Å². The van der Waals surface area contributed by atoms with Gasteiger partial charge in [-0.15, -0.1) is 0 Å². The second-order valence-corrected chi connectivity index (χ2v) is 6.13. The molecule has 0 aliphatic rings. The van der Waals surface area contributed by atoms with E-state index in [2.05, 4.69) is 37.4 Å². The molecule has 0 aliphatic heterocycles. The van der Waals surface area contributed by atoms with E-state index < -0.39 is 0 Å². The van der Waals surface area contributed by atoms with Crippen molar-refractivity contribution in [2.45, 2.75) is 46.6 Å². The predicted octanol–water partition coefficient (Wildman–Crippen LogP) is 4.66. The van der Waals surface area contributed by atoms with Crippen molar-refractivity contribution in [1.82, 2.24) is 0 Å². The lowest BCUT2D eigenvalue weighted by molar-refractivity contribution is -0.116. The Kier molecular flexibility index (Phi) is 5.80. The summed E-state index contributed by atoms with van der Waals surface area (Å²) >= 11 is 0. The molecule has 0 heterocycles. The van der Waals surface area contributed by atoms with Gasteiger partial charge in [-0.25, -0.2) is 0 Å². The van der Waals surface area contributed by atoms with Crippen molar-refractivity contribution in [3.05, 3.63) is 59.2 Å². The monoisotopic (exact) mass is 311 g/mol. The third-order valence-corrected chi connectivity index (χ3v) is 3.74. The molecule has 1 N–H and O–H groups in total. The molecule has 0 aromatic heterocycles. The smallest absolute Gasteiger partial charge is 0.224 e. The Hall–Kier alpha value is -2.29. The summed E-state index contributed by atoms with van der Waals surface area (Å²) in [4.78, 5) is 12.2. The number of rotatable bonds is 6. The molecule has 0 bridgehead atoms. The van der Waals surface area contributed by atoms with E-state index in [0.717, 1.165) is 12.1 Å². The summed E-state index contributed by atoms with van der Waals surface area (Å²) in [5.41, 5.74) is 4.46. The van der Waals surface area contributed by atoms with Crippen LogP contribution in [0.3, 0.4) is 0 Å². The van der Waals surface area contributed by atoms with Crippen LogP contribution in [0.2, 0.25) is 0 Å². The Morgan fingerprint density at radius 3 is 2.52 bits per heavy atom. The molecule has 122 valence electrons. The fourth-order valence-corrected chi connectivity index (χ4v) is 2.36. The molecule has 2 rings (SSSR count). The molecular weight excluding hydrogens is 286 g/mol. The lowest BCUT2D eigenvalue weighted by Crippen LogP contribution is -2.14. The maximum Gasteiger partial charge on any atom is 0.224 e. The highest BCUT2D eigenvalue weighted by atomic mass is 16.5. The molecule has 0 spiro atoms. The van der Waals surface area contributed by atoms with Crippen molar-refractivity contribution in [2.75, 3.05) is 5.32 Å². The summed E-state index contributed by atoms with van der Waals surface area (Å²) in [5, 5.41) is 2.95. The maximum atomic E-state index is 12.2. The van der Waals surface area contributed by atoms with Crippen LogP contribution in [-0.4, -0.2) is 12.0 Å². The topological polar surface area (TPSA) is 38.3 Å². The fourth-order valence-electron chi connectivity index (χ4n) is 2.36. The summed E-state index contributed by atoms with van der Waals surface area (Å²) in [6, 6.07) is 13.9. The molecule has 0 unspecified atom stereocenters. The Morgan fingerprint density at radius 1 is 1.09 bits per heavy atom. The fraction of sp³-hybridized carbons (Fsp3) is 0.350. The molecule has 2 aromatic rings. The van der Waals surface area contributed by atoms with Crippen molar-refractivity contribution in [2.24, 2.45) is 0 Å². The first-order chi connectivity index (χ1) is 11.0. The normalized spacial score (nSPS) is 10.7. The molecule has 0 saturated carbocycles. The molecule has 0 saturated heterocycles. The van der Waals surface area contributed by atoms with Gasteiger partial charge >= 0.3 is 0 Å². The van der Waals surface area contributed by atoms with Crippen molar-refractivity contribution < 1.29 is 9.53 Å². The van der Waals surface area contributed by atoms with Gasteiger partial charge < -0.3 is 10.1 Å². The number of aryl methyl sites for hydroxylation is 3. The zero-order valence-corrected chi connectivity index (χ0v) is 14.3. The number of hydrogen-bond acceptors (Lipinski definition) is 2. The van der Waals surface area contributed by atoms with Crippen molar-refractivity contribution in [3.63, 3.8) is 0 Å². The predicted molar refractivity (Wildman–Crippen MR) is 95.1 cm³/mol. The number of carbonyl (C=O) groups excluding carboxylic acids is 1. The molecule has 0 aliphatic carbocycles. The molecular formula is C20H25NO2. The first-order valence-corrected chi connectivity index (χ1v) is 8.07. The van der Waals surface area contributed by atoms with Crippen LogP contribution in [0.5, 0.6) is 5.75 Å². The molecule has 1 amide bonds. The first kappa shape index (κ1) is 17.1. The number of benzene rings is 2. The highest BCUT2D eigenvalue weighted by Gasteiger charge is 2.09. The largest absolute Gasteiger partial charge is 0.489 e. The minimum Gasteiger partial charge on any atom is -0.489 e. The van der Waals surface area contributed by atoms with Crippen LogP contribution in [0, 0.1) is 13.8 Å². The van der Waals surface area contributed by atoms with E-state index in [0.29, 0.717) is 12.2 Å². The van der Waals surface area contributed by atoms with E-state index in [-0.39, 0.29) is 12.0 Å². The van der Waals surface area contributed by atoms with Gasteiger partial charge in [-0.3, -0.25) is 4.79 Å². The lowest BCUT2D eigenvalue weighted by atomic mass is 10.0. The van der Waals surface area contributed by atoms with E-state index in [1.165, 1.54) is 16.7 Å². The van der Waals surface area contributed by atoms with E-state index in [4.69, 9.17) is 4.74 Å². The third-order valence-electron chi connectivity index (χ3n) is 3.74. The number of hydrogen-bond donors (Lipinski definition) is 1. The Bertz CT molecular complexity index is 677. The van der Waals surface area contributed by atoms with E-state index in [1.807, 2.05) is 38.1 Å². The number of anilines is 1. The van der Waals surface area contributed by atoms with Gasteiger partial charge in [0.15, 0.2) is 0 Å². The Balaban J connectivity index is 1.96. The van der Waals surface area contributed by atoms with Crippen LogP contribution < -0.4 is 10.1 Å². The van der Waals surface area contributed by atoms with Gasteiger partial charge in [0.2, 0.25) is 5.91 Å². The molecule has 0 atom stereocenters. The molecule has 0 radical (unpaired) electrons. The van der Waals surface area contributed by atoms with E-state index >= 15 is 0 Å². The highest BCUT2D eigenvalue weighted by molar-refractivity contribution is 5.92. The summed E-state index contributed by atoms with van der Waals surface area (Å²) in [7, 11) is 0. The first-order valence-electron chi connectivity index (χ1n) is 8.07. The number of para-hydroxylation sites is 2. The van der Waals surface area contributed by atoms with Crippen LogP contribution >= 0.6 is 0 Å². The minimum absolute atomic E-state index is 0.00281. The van der Waals surface area contributed by atoms with Crippen molar-refractivity contribution in [3.8, 4) is 5.75 Å². The Labute approximate surface area is 138 Å². The van der Waals surface area contributed by atoms with Gasteiger partial charge in [-0.05, 0) is 62.9 Å². The van der Waals surface area contributed by atoms with Crippen LogP contribution in [-0.2, 0) is 11.2 Å². The molecule has 3 nitrogen and oxygen atoms in total. The number of nitrogens with one attached hydrogen (secondary N) is 1. The Morgan fingerprint density at radius 2 is 1.83 bits per heavy atom. The maximum absolute atomic E-state index is 12.2. The number of amides is 1. The van der Waals surface area contributed by atoms with Crippen molar-refractivity contribution >= 4 is 11.6 Å². The van der Waals surface area contributed by atoms with Gasteiger partial charge in [-0.2, -0.15) is 0 Å². The van der Waals surface area contributed by atoms with Gasteiger partial charge in [0.05, 0.1) is 11.8 Å². The molecule has 2 aromatic carbocycles. The van der Waals surface area contributed by atoms with Crippen LogP contribution in [0.1, 0.15) is 37.0 Å². The standard InChI is InChI=1S/C20H25NO2/c1-14(2)23-19-8-6-5-7-18(19)21-20(22)12-11-17-10-9-15(3)16(4)13-17/h5-10,13-14H,11-12H2,1-4H3,(H,21,22). The zero-order valence-electron chi connectivity index (χ0n) is 14.3. The molecule has 23 heavy (non-hydrogen) atoms. The van der Waals surface area contributed by atoms with Crippen LogP contribution in [0.25, 0.3) is 0 Å². The number of ether oxygens (including phenoxy) is 1. The summed E-state index contributed by atoms with van der Waals surface area (Å²) < 4.78 is 5.72. The van der Waals surface area contributed by atoms with Gasteiger partial charge in [0.25, 0.3) is 0 Å². The van der Waals surface area contributed by atoms with Crippen molar-refractivity contribution in [1.29, 1.82) is 0 Å². The van der Waals surface area contributed by atoms with Crippen LogP contribution in [0.4, 0.5) is 5.69 Å². The molecule has 3 heteroatoms. The summed E-state index contributed by atoms with van der Waals surface area (Å²) in [6.07, 6.45) is 1.27. The lowest BCUT2D eigenvalue weighted by Gasteiger charge is -2.14. The SMILES string of the molecule is Cc1ccc(CCC(=O)Nc2ccccc2OC(C)C)cc1C. The summed E-state index contributed by atoms with van der Waals surface area (Å²) in [6.45, 7) is 8.13. The molecule has 0 fully saturated rings. The average Bonchev–Trinajstić information content (AvgIpc) is 2.50.